The Labute approximate surface area is 134 Å². The number of amides is 1. The fourth-order valence-electron chi connectivity index (χ4n) is 2.22. The minimum Gasteiger partial charge on any atom is -0.436 e. The zero-order valence-corrected chi connectivity index (χ0v) is 13.5. The van der Waals surface area contributed by atoms with Crippen molar-refractivity contribution in [2.75, 3.05) is 6.61 Å². The van der Waals surface area contributed by atoms with Crippen molar-refractivity contribution in [2.24, 2.45) is 0 Å². The molecule has 23 heavy (non-hydrogen) atoms. The van der Waals surface area contributed by atoms with Crippen molar-refractivity contribution in [2.45, 2.75) is 70.5 Å². The molecule has 0 aliphatic carbocycles. The zero-order chi connectivity index (χ0) is 17.6. The molecule has 0 bridgehead atoms. The van der Waals surface area contributed by atoms with Gasteiger partial charge in [-0.2, -0.15) is 0 Å². The summed E-state index contributed by atoms with van der Waals surface area (Å²) in [6.07, 6.45) is -5.34. The van der Waals surface area contributed by atoms with Gasteiger partial charge in [-0.1, -0.05) is 6.92 Å². The molecule has 1 rings (SSSR count). The monoisotopic (exact) mass is 335 g/mol. The van der Waals surface area contributed by atoms with Crippen molar-refractivity contribution in [3.63, 3.8) is 0 Å². The second-order valence-corrected chi connectivity index (χ2v) is 5.40. The quantitative estimate of drug-likeness (QED) is 0.331. The molecule has 1 fully saturated rings. The Bertz CT molecular complexity index is 404. The van der Waals surface area contributed by atoms with Crippen LogP contribution in [0.4, 0.5) is 0 Å². The highest BCUT2D eigenvalue weighted by molar-refractivity contribution is 5.76. The van der Waals surface area contributed by atoms with Crippen molar-refractivity contribution >= 4 is 11.9 Å². The summed E-state index contributed by atoms with van der Waals surface area (Å²) in [5.41, 5.74) is 0. The van der Waals surface area contributed by atoms with Crippen LogP contribution in [0.3, 0.4) is 0 Å². The first-order chi connectivity index (χ1) is 10.8. The van der Waals surface area contributed by atoms with Crippen LogP contribution in [0.25, 0.3) is 0 Å². The Morgan fingerprint density at radius 3 is 2.48 bits per heavy atom. The molecule has 0 spiro atoms. The maximum atomic E-state index is 11.6. The fourth-order valence-corrected chi connectivity index (χ4v) is 2.22. The molecule has 0 saturated carbocycles. The highest BCUT2D eigenvalue weighted by atomic mass is 16.7. The lowest BCUT2D eigenvalue weighted by molar-refractivity contribution is -0.266. The summed E-state index contributed by atoms with van der Waals surface area (Å²) in [6, 6.07) is -1.13. The molecule has 0 aromatic carbocycles. The molecule has 9 nitrogen and oxygen atoms in total. The number of hydrogen-bond acceptors (Lipinski definition) is 8. The van der Waals surface area contributed by atoms with E-state index < -0.39 is 42.9 Å². The number of rotatable bonds is 7. The number of ether oxygens (including phenoxy) is 3. The van der Waals surface area contributed by atoms with E-state index >= 15 is 0 Å². The van der Waals surface area contributed by atoms with Gasteiger partial charge in [0.1, 0.15) is 24.4 Å². The zero-order valence-electron chi connectivity index (χ0n) is 13.5. The SMILES string of the molecule is CCCC(=O)N[C@H]1C(O)O[C@H](COC(C)OC(C)=O)[C@@H](O)[C@@H]1O. The first kappa shape index (κ1) is 19.8. The van der Waals surface area contributed by atoms with Crippen LogP contribution in [0, 0.1) is 0 Å². The van der Waals surface area contributed by atoms with Gasteiger partial charge in [-0.25, -0.2) is 0 Å². The predicted octanol–water partition coefficient (Wildman–Crippen LogP) is -1.36. The van der Waals surface area contributed by atoms with E-state index in [-0.39, 0.29) is 18.9 Å². The number of nitrogens with one attached hydrogen (secondary N) is 1. The molecule has 0 aromatic heterocycles. The van der Waals surface area contributed by atoms with E-state index in [1.807, 2.05) is 6.92 Å². The molecule has 134 valence electrons. The lowest BCUT2D eigenvalue weighted by Gasteiger charge is -2.41. The Hall–Kier alpha value is -1.26. The first-order valence-electron chi connectivity index (χ1n) is 7.54. The summed E-state index contributed by atoms with van der Waals surface area (Å²) in [5, 5.41) is 32.4. The second-order valence-electron chi connectivity index (χ2n) is 5.40. The van der Waals surface area contributed by atoms with Crippen molar-refractivity contribution in [3.8, 4) is 0 Å². The molecule has 9 heteroatoms. The maximum Gasteiger partial charge on any atom is 0.304 e. The molecule has 1 saturated heterocycles. The molecular formula is C14H25NO8. The van der Waals surface area contributed by atoms with Gasteiger partial charge in [0, 0.05) is 13.3 Å². The number of aliphatic hydroxyl groups excluding tert-OH is 3. The summed E-state index contributed by atoms with van der Waals surface area (Å²) in [6.45, 7) is 4.32. The number of esters is 1. The summed E-state index contributed by atoms with van der Waals surface area (Å²) >= 11 is 0. The third kappa shape index (κ3) is 6.04. The predicted molar refractivity (Wildman–Crippen MR) is 76.9 cm³/mol. The highest BCUT2D eigenvalue weighted by Gasteiger charge is 2.44. The van der Waals surface area contributed by atoms with Gasteiger partial charge >= 0.3 is 5.97 Å². The highest BCUT2D eigenvalue weighted by Crippen LogP contribution is 2.21. The van der Waals surface area contributed by atoms with Crippen LogP contribution in [0.2, 0.25) is 0 Å². The Morgan fingerprint density at radius 2 is 1.91 bits per heavy atom. The van der Waals surface area contributed by atoms with Crippen molar-refractivity contribution in [1.29, 1.82) is 0 Å². The van der Waals surface area contributed by atoms with Crippen LogP contribution >= 0.6 is 0 Å². The molecule has 0 aromatic rings. The van der Waals surface area contributed by atoms with Gasteiger partial charge in [-0.3, -0.25) is 9.59 Å². The smallest absolute Gasteiger partial charge is 0.304 e. The van der Waals surface area contributed by atoms with Crippen LogP contribution in [0.1, 0.15) is 33.6 Å². The summed E-state index contributed by atoms with van der Waals surface area (Å²) in [7, 11) is 0. The van der Waals surface area contributed by atoms with E-state index in [4.69, 9.17) is 14.2 Å². The molecule has 1 aliphatic rings. The summed E-state index contributed by atoms with van der Waals surface area (Å²) in [5.74, 6) is -0.883. The number of aliphatic hydroxyl groups is 3. The third-order valence-corrected chi connectivity index (χ3v) is 3.35. The van der Waals surface area contributed by atoms with Gasteiger partial charge in [0.2, 0.25) is 5.91 Å². The van der Waals surface area contributed by atoms with Crippen LogP contribution < -0.4 is 5.32 Å². The summed E-state index contributed by atoms with van der Waals surface area (Å²) in [4.78, 5) is 22.3. The van der Waals surface area contributed by atoms with Gasteiger partial charge in [-0.05, 0) is 13.3 Å². The largest absolute Gasteiger partial charge is 0.436 e. The standard InChI is InChI=1S/C14H25NO8/c1-4-5-10(17)15-11-13(19)12(18)9(23-14(11)20)6-21-8(3)22-7(2)16/h8-9,11-14,18-20H,4-6H2,1-3H3,(H,15,17)/t8?,9-,11-,12-,13-,14?/m1/s1. The van der Waals surface area contributed by atoms with Crippen molar-refractivity contribution in [3.05, 3.63) is 0 Å². The van der Waals surface area contributed by atoms with Crippen molar-refractivity contribution in [1.82, 2.24) is 5.32 Å². The maximum absolute atomic E-state index is 11.6. The van der Waals surface area contributed by atoms with Crippen LogP contribution in [0.15, 0.2) is 0 Å². The van der Waals surface area contributed by atoms with E-state index in [2.05, 4.69) is 5.32 Å². The molecule has 1 aliphatic heterocycles. The van der Waals surface area contributed by atoms with E-state index in [1.54, 1.807) is 0 Å². The van der Waals surface area contributed by atoms with E-state index in [1.165, 1.54) is 13.8 Å². The minimum absolute atomic E-state index is 0.209. The van der Waals surface area contributed by atoms with Gasteiger partial charge in [0.05, 0.1) is 6.61 Å². The minimum atomic E-state index is -1.49. The van der Waals surface area contributed by atoms with Gasteiger partial charge in [0.15, 0.2) is 12.6 Å². The fraction of sp³-hybridized carbons (Fsp3) is 0.857. The lowest BCUT2D eigenvalue weighted by atomic mass is 9.97. The van der Waals surface area contributed by atoms with Gasteiger partial charge in [-0.15, -0.1) is 0 Å². The molecule has 2 unspecified atom stereocenters. The average Bonchev–Trinajstić information content (AvgIpc) is 2.45. The number of carbonyl (C=O) groups is 2. The topological polar surface area (TPSA) is 135 Å². The molecule has 0 radical (unpaired) electrons. The van der Waals surface area contributed by atoms with Gasteiger partial charge in [0.25, 0.3) is 0 Å². The number of hydrogen-bond donors (Lipinski definition) is 4. The van der Waals surface area contributed by atoms with Crippen LogP contribution in [0.5, 0.6) is 0 Å². The molecule has 6 atom stereocenters. The normalized spacial score (nSPS) is 32.2. The number of carbonyl (C=O) groups excluding carboxylic acids is 2. The average molecular weight is 335 g/mol. The molecule has 4 N–H and O–H groups in total. The van der Waals surface area contributed by atoms with Crippen molar-refractivity contribution < 1.29 is 39.1 Å². The van der Waals surface area contributed by atoms with Gasteiger partial charge < -0.3 is 34.8 Å². The lowest BCUT2D eigenvalue weighted by Crippen LogP contribution is -2.64. The van der Waals surface area contributed by atoms with Crippen LogP contribution in [-0.4, -0.2) is 70.7 Å². The Kier molecular flexibility index (Phi) is 7.86. The molecule has 1 heterocycles. The summed E-state index contributed by atoms with van der Waals surface area (Å²) < 4.78 is 15.1. The third-order valence-electron chi connectivity index (χ3n) is 3.35. The molecule has 1 amide bonds. The van der Waals surface area contributed by atoms with E-state index in [9.17, 15) is 24.9 Å². The van der Waals surface area contributed by atoms with E-state index in [0.29, 0.717) is 6.42 Å². The van der Waals surface area contributed by atoms with E-state index in [0.717, 1.165) is 0 Å². The second kappa shape index (κ2) is 9.14. The van der Waals surface area contributed by atoms with Crippen LogP contribution in [-0.2, 0) is 23.8 Å². The Morgan fingerprint density at radius 1 is 1.26 bits per heavy atom. The Balaban J connectivity index is 2.55. The molecular weight excluding hydrogens is 310 g/mol. The first-order valence-corrected chi connectivity index (χ1v) is 7.54.